The molecule has 3 nitrogen and oxygen atoms in total. The molecule has 0 aromatic heterocycles. The van der Waals surface area contributed by atoms with Gasteiger partial charge in [0, 0.05) is 12.2 Å². The molecule has 0 aliphatic carbocycles. The SMILES string of the molecule is Cc1ccc2c(c1)CCCN2c1cccc(Cl)c1C(=O)O. The molecule has 0 unspecified atom stereocenters. The molecule has 21 heavy (non-hydrogen) atoms. The normalized spacial score (nSPS) is 13.9. The molecular formula is C17H16ClNO2. The second kappa shape index (κ2) is 5.41. The van der Waals surface area contributed by atoms with E-state index in [1.165, 1.54) is 11.1 Å². The van der Waals surface area contributed by atoms with Crippen LogP contribution in [0.5, 0.6) is 0 Å². The minimum absolute atomic E-state index is 0.174. The number of carboxylic acid groups (broad SMARTS) is 1. The third-order valence-electron chi connectivity index (χ3n) is 3.85. The summed E-state index contributed by atoms with van der Waals surface area (Å²) >= 11 is 6.09. The van der Waals surface area contributed by atoms with Crippen LogP contribution in [0, 0.1) is 6.92 Å². The molecule has 0 amide bonds. The van der Waals surface area contributed by atoms with Crippen LogP contribution in [0.4, 0.5) is 11.4 Å². The summed E-state index contributed by atoms with van der Waals surface area (Å²) < 4.78 is 0. The molecule has 0 radical (unpaired) electrons. The van der Waals surface area contributed by atoms with Crippen molar-refractivity contribution in [2.24, 2.45) is 0 Å². The molecule has 1 aliphatic rings. The Labute approximate surface area is 128 Å². The fourth-order valence-electron chi connectivity index (χ4n) is 2.93. The molecule has 0 fully saturated rings. The predicted molar refractivity (Wildman–Crippen MR) is 84.9 cm³/mol. The van der Waals surface area contributed by atoms with Crippen LogP contribution in [0.1, 0.15) is 27.9 Å². The van der Waals surface area contributed by atoms with Gasteiger partial charge in [-0.3, -0.25) is 0 Å². The van der Waals surface area contributed by atoms with Crippen molar-refractivity contribution >= 4 is 28.9 Å². The highest BCUT2D eigenvalue weighted by molar-refractivity contribution is 6.34. The first-order valence-corrected chi connectivity index (χ1v) is 7.34. The maximum absolute atomic E-state index is 11.5. The van der Waals surface area contributed by atoms with E-state index in [2.05, 4.69) is 30.0 Å². The van der Waals surface area contributed by atoms with Crippen molar-refractivity contribution < 1.29 is 9.90 Å². The van der Waals surface area contributed by atoms with Crippen molar-refractivity contribution in [1.29, 1.82) is 0 Å². The summed E-state index contributed by atoms with van der Waals surface area (Å²) in [7, 11) is 0. The van der Waals surface area contributed by atoms with Gasteiger partial charge in [0.15, 0.2) is 0 Å². The number of hydrogen-bond acceptors (Lipinski definition) is 2. The summed E-state index contributed by atoms with van der Waals surface area (Å²) in [6, 6.07) is 11.5. The van der Waals surface area contributed by atoms with Crippen LogP contribution in [0.15, 0.2) is 36.4 Å². The van der Waals surface area contributed by atoms with Crippen LogP contribution in [0.3, 0.4) is 0 Å². The fraction of sp³-hybridized carbons (Fsp3) is 0.235. The minimum Gasteiger partial charge on any atom is -0.478 e. The van der Waals surface area contributed by atoms with Gasteiger partial charge in [-0.25, -0.2) is 4.79 Å². The zero-order valence-corrected chi connectivity index (χ0v) is 12.5. The summed E-state index contributed by atoms with van der Waals surface area (Å²) in [5.74, 6) is -0.991. The molecular weight excluding hydrogens is 286 g/mol. The highest BCUT2D eigenvalue weighted by Crippen LogP contribution is 2.37. The first kappa shape index (κ1) is 14.0. The monoisotopic (exact) mass is 301 g/mol. The third kappa shape index (κ3) is 2.49. The topological polar surface area (TPSA) is 40.5 Å². The first-order valence-electron chi connectivity index (χ1n) is 6.97. The van der Waals surface area contributed by atoms with Gasteiger partial charge in [0.25, 0.3) is 0 Å². The molecule has 1 heterocycles. The van der Waals surface area contributed by atoms with Crippen molar-refractivity contribution in [2.75, 3.05) is 11.4 Å². The molecule has 0 atom stereocenters. The van der Waals surface area contributed by atoms with Crippen LogP contribution in [0.2, 0.25) is 5.02 Å². The Morgan fingerprint density at radius 3 is 2.81 bits per heavy atom. The number of fused-ring (bicyclic) bond motifs is 1. The van der Waals surface area contributed by atoms with Crippen molar-refractivity contribution in [2.45, 2.75) is 19.8 Å². The molecule has 0 saturated heterocycles. The van der Waals surface area contributed by atoms with Gasteiger partial charge in [-0.2, -0.15) is 0 Å². The molecule has 108 valence electrons. The van der Waals surface area contributed by atoms with E-state index in [1.807, 2.05) is 6.07 Å². The lowest BCUT2D eigenvalue weighted by molar-refractivity contribution is 0.0698. The van der Waals surface area contributed by atoms with E-state index in [9.17, 15) is 9.90 Å². The van der Waals surface area contributed by atoms with Crippen LogP contribution in [0.25, 0.3) is 0 Å². The molecule has 0 saturated carbocycles. The third-order valence-corrected chi connectivity index (χ3v) is 4.16. The number of anilines is 2. The quantitative estimate of drug-likeness (QED) is 0.892. The van der Waals surface area contributed by atoms with E-state index < -0.39 is 5.97 Å². The highest BCUT2D eigenvalue weighted by Gasteiger charge is 2.24. The average molecular weight is 302 g/mol. The largest absolute Gasteiger partial charge is 0.478 e. The second-order valence-corrected chi connectivity index (χ2v) is 5.73. The highest BCUT2D eigenvalue weighted by atomic mass is 35.5. The van der Waals surface area contributed by atoms with Gasteiger partial charge >= 0.3 is 5.97 Å². The number of carbonyl (C=O) groups is 1. The molecule has 3 rings (SSSR count). The van der Waals surface area contributed by atoms with E-state index >= 15 is 0 Å². The Morgan fingerprint density at radius 2 is 2.05 bits per heavy atom. The van der Waals surface area contributed by atoms with Crippen LogP contribution in [-0.4, -0.2) is 17.6 Å². The summed E-state index contributed by atoms with van der Waals surface area (Å²) in [4.78, 5) is 13.6. The van der Waals surface area contributed by atoms with E-state index in [1.54, 1.807) is 12.1 Å². The van der Waals surface area contributed by atoms with Gasteiger partial charge in [-0.15, -0.1) is 0 Å². The summed E-state index contributed by atoms with van der Waals surface area (Å²) in [6.45, 7) is 2.87. The van der Waals surface area contributed by atoms with E-state index in [0.29, 0.717) is 5.69 Å². The lowest BCUT2D eigenvalue weighted by atomic mass is 9.98. The van der Waals surface area contributed by atoms with E-state index in [0.717, 1.165) is 25.1 Å². The maximum Gasteiger partial charge on any atom is 0.339 e. The maximum atomic E-state index is 11.5. The molecule has 2 aromatic carbocycles. The summed E-state index contributed by atoms with van der Waals surface area (Å²) in [5, 5.41) is 9.74. The average Bonchev–Trinajstić information content (AvgIpc) is 2.45. The molecule has 2 aromatic rings. The van der Waals surface area contributed by atoms with Crippen LogP contribution >= 0.6 is 11.6 Å². The Bertz CT molecular complexity index is 712. The number of hydrogen-bond donors (Lipinski definition) is 1. The van der Waals surface area contributed by atoms with Gasteiger partial charge in [0.05, 0.1) is 10.7 Å². The number of carboxylic acids is 1. The number of rotatable bonds is 2. The Balaban J connectivity index is 2.16. The smallest absolute Gasteiger partial charge is 0.339 e. The van der Waals surface area contributed by atoms with E-state index in [4.69, 9.17) is 11.6 Å². The number of halogens is 1. The lowest BCUT2D eigenvalue weighted by Gasteiger charge is -2.32. The number of nitrogens with zero attached hydrogens (tertiary/aromatic N) is 1. The van der Waals surface area contributed by atoms with Crippen molar-refractivity contribution in [3.05, 3.63) is 58.1 Å². The minimum atomic E-state index is -0.991. The molecule has 1 N–H and O–H groups in total. The van der Waals surface area contributed by atoms with Gasteiger partial charge in [-0.1, -0.05) is 35.4 Å². The molecule has 0 bridgehead atoms. The first-order chi connectivity index (χ1) is 10.1. The van der Waals surface area contributed by atoms with E-state index in [-0.39, 0.29) is 10.6 Å². The number of benzene rings is 2. The Kier molecular flexibility index (Phi) is 3.60. The van der Waals surface area contributed by atoms with Gasteiger partial charge in [0.2, 0.25) is 0 Å². The second-order valence-electron chi connectivity index (χ2n) is 5.33. The molecule has 4 heteroatoms. The summed E-state index contributed by atoms with van der Waals surface area (Å²) in [6.07, 6.45) is 2.03. The van der Waals surface area contributed by atoms with Gasteiger partial charge in [-0.05, 0) is 43.5 Å². The molecule has 0 spiro atoms. The zero-order chi connectivity index (χ0) is 15.0. The van der Waals surface area contributed by atoms with Crippen molar-refractivity contribution in [3.8, 4) is 0 Å². The number of aromatic carboxylic acids is 1. The Morgan fingerprint density at radius 1 is 1.24 bits per heavy atom. The van der Waals surface area contributed by atoms with Gasteiger partial charge in [0.1, 0.15) is 5.56 Å². The fourth-order valence-corrected chi connectivity index (χ4v) is 3.18. The Hall–Kier alpha value is -2.00. The number of aryl methyl sites for hydroxylation is 2. The van der Waals surface area contributed by atoms with Crippen molar-refractivity contribution in [1.82, 2.24) is 0 Å². The van der Waals surface area contributed by atoms with Crippen molar-refractivity contribution in [3.63, 3.8) is 0 Å². The molecule has 1 aliphatic heterocycles. The lowest BCUT2D eigenvalue weighted by Crippen LogP contribution is -2.26. The standard InChI is InChI=1S/C17H16ClNO2/c1-11-7-8-14-12(10-11)4-3-9-19(14)15-6-2-5-13(18)16(15)17(20)21/h2,5-8,10H,3-4,9H2,1H3,(H,20,21). The van der Waals surface area contributed by atoms with Crippen LogP contribution in [-0.2, 0) is 6.42 Å². The summed E-state index contributed by atoms with van der Waals surface area (Å²) in [5.41, 5.74) is 4.40. The zero-order valence-electron chi connectivity index (χ0n) is 11.8. The van der Waals surface area contributed by atoms with Gasteiger partial charge < -0.3 is 10.0 Å². The van der Waals surface area contributed by atoms with Crippen LogP contribution < -0.4 is 4.90 Å². The predicted octanol–water partition coefficient (Wildman–Crippen LogP) is 4.43.